The van der Waals surface area contributed by atoms with Crippen LogP contribution in [0.4, 0.5) is 10.1 Å². The average Bonchev–Trinajstić information content (AvgIpc) is 3.02. The first kappa shape index (κ1) is 23.1. The molecule has 0 spiro atoms. The minimum atomic E-state index is -3.77. The number of hydrogen-bond donors (Lipinski definition) is 2. The van der Waals surface area contributed by atoms with Crippen LogP contribution in [-0.2, 0) is 23.0 Å². The van der Waals surface area contributed by atoms with E-state index < -0.39 is 21.7 Å². The summed E-state index contributed by atoms with van der Waals surface area (Å²) in [5, 5.41) is 11.1. The number of carbonyl (C=O) groups is 1. The van der Waals surface area contributed by atoms with Gasteiger partial charge in [0.1, 0.15) is 11.6 Å². The summed E-state index contributed by atoms with van der Waals surface area (Å²) in [6, 6.07) is 9.73. The maximum absolute atomic E-state index is 14.5. The lowest BCUT2D eigenvalue weighted by Gasteiger charge is -2.12. The molecule has 0 bridgehead atoms. The van der Waals surface area contributed by atoms with Crippen LogP contribution in [0.15, 0.2) is 47.4 Å². The van der Waals surface area contributed by atoms with E-state index in [-0.39, 0.29) is 22.2 Å². The van der Waals surface area contributed by atoms with Crippen molar-refractivity contribution in [2.75, 3.05) is 5.32 Å². The van der Waals surface area contributed by atoms with Gasteiger partial charge in [-0.1, -0.05) is 12.5 Å². The lowest BCUT2D eigenvalue weighted by molar-refractivity contribution is 0.102. The lowest BCUT2D eigenvalue weighted by atomic mass is 10.1. The molecule has 2 N–H and O–H groups in total. The maximum Gasteiger partial charge on any atom is 0.255 e. The van der Waals surface area contributed by atoms with Crippen LogP contribution >= 0.6 is 0 Å². The van der Waals surface area contributed by atoms with Crippen LogP contribution in [0.1, 0.15) is 49.3 Å². The van der Waals surface area contributed by atoms with E-state index in [9.17, 15) is 17.6 Å². The third-order valence-corrected chi connectivity index (χ3v) is 7.04. The van der Waals surface area contributed by atoms with Crippen molar-refractivity contribution in [2.24, 2.45) is 0 Å². The highest BCUT2D eigenvalue weighted by Gasteiger charge is 2.20. The molecule has 8 nitrogen and oxygen atoms in total. The summed E-state index contributed by atoms with van der Waals surface area (Å²) in [5.41, 5.74) is 0.727. The number of halogens is 1. The van der Waals surface area contributed by atoms with Gasteiger partial charge in [0.2, 0.25) is 10.0 Å². The van der Waals surface area contributed by atoms with Crippen molar-refractivity contribution in [3.8, 4) is 11.4 Å². The molecule has 0 fully saturated rings. The van der Waals surface area contributed by atoms with E-state index in [4.69, 9.17) is 0 Å². The van der Waals surface area contributed by atoms with Gasteiger partial charge >= 0.3 is 0 Å². The van der Waals surface area contributed by atoms with Crippen molar-refractivity contribution in [2.45, 2.75) is 57.0 Å². The molecule has 10 heteroatoms. The SMILES string of the molecule is CC(C)NS(=O)(=O)c1cccc(C(=O)Nc2cc(-c3nnc4n3CCCCC4)ccc2F)c1. The van der Waals surface area contributed by atoms with Crippen LogP contribution < -0.4 is 10.0 Å². The molecular formula is C23H26FN5O3S. The molecule has 2 aromatic carbocycles. The molecule has 1 aliphatic heterocycles. The number of anilines is 1. The number of nitrogens with zero attached hydrogens (tertiary/aromatic N) is 3. The highest BCUT2D eigenvalue weighted by atomic mass is 32.2. The van der Waals surface area contributed by atoms with Crippen molar-refractivity contribution >= 4 is 21.6 Å². The van der Waals surface area contributed by atoms with E-state index in [1.165, 1.54) is 36.4 Å². The Labute approximate surface area is 192 Å². The molecule has 0 saturated carbocycles. The molecule has 33 heavy (non-hydrogen) atoms. The summed E-state index contributed by atoms with van der Waals surface area (Å²) in [6.07, 6.45) is 4.05. The topological polar surface area (TPSA) is 106 Å². The van der Waals surface area contributed by atoms with Gasteiger partial charge in [0.25, 0.3) is 5.91 Å². The highest BCUT2D eigenvalue weighted by Crippen LogP contribution is 2.27. The van der Waals surface area contributed by atoms with Gasteiger partial charge in [0.05, 0.1) is 10.6 Å². The van der Waals surface area contributed by atoms with Gasteiger partial charge in [-0.15, -0.1) is 10.2 Å². The molecule has 0 aliphatic carbocycles. The van der Waals surface area contributed by atoms with Crippen molar-refractivity contribution in [1.82, 2.24) is 19.5 Å². The number of aromatic nitrogens is 3. The number of nitrogens with one attached hydrogen (secondary N) is 2. The fourth-order valence-electron chi connectivity index (χ4n) is 3.84. The Hall–Kier alpha value is -3.11. The van der Waals surface area contributed by atoms with E-state index in [1.54, 1.807) is 19.9 Å². The second-order valence-electron chi connectivity index (χ2n) is 8.35. The molecule has 0 radical (unpaired) electrons. The quantitative estimate of drug-likeness (QED) is 0.570. The molecule has 2 heterocycles. The van der Waals surface area contributed by atoms with E-state index >= 15 is 0 Å². The van der Waals surface area contributed by atoms with Gasteiger partial charge in [-0.3, -0.25) is 4.79 Å². The Morgan fingerprint density at radius 3 is 2.70 bits per heavy atom. The summed E-state index contributed by atoms with van der Waals surface area (Å²) in [7, 11) is -3.77. The van der Waals surface area contributed by atoms with Gasteiger partial charge in [0.15, 0.2) is 5.82 Å². The number of amides is 1. The maximum atomic E-state index is 14.5. The van der Waals surface area contributed by atoms with Gasteiger partial charge in [-0.25, -0.2) is 17.5 Å². The Kier molecular flexibility index (Phi) is 6.57. The zero-order valence-electron chi connectivity index (χ0n) is 18.5. The first-order chi connectivity index (χ1) is 15.7. The first-order valence-electron chi connectivity index (χ1n) is 10.9. The van der Waals surface area contributed by atoms with E-state index in [0.29, 0.717) is 11.4 Å². The fourth-order valence-corrected chi connectivity index (χ4v) is 5.13. The third-order valence-electron chi connectivity index (χ3n) is 5.38. The molecule has 0 saturated heterocycles. The number of fused-ring (bicyclic) bond motifs is 1. The predicted molar refractivity (Wildman–Crippen MR) is 123 cm³/mol. The van der Waals surface area contributed by atoms with Gasteiger partial charge < -0.3 is 9.88 Å². The fraction of sp³-hybridized carbons (Fsp3) is 0.348. The molecule has 3 aromatic rings. The number of benzene rings is 2. The standard InChI is InChI=1S/C23H26FN5O3S/c1-15(2)28-33(31,32)18-8-6-7-17(13-18)23(30)25-20-14-16(10-11-19(20)24)22-27-26-21-9-4-3-5-12-29(21)22/h6-8,10-11,13-15,28H,3-5,9,12H2,1-2H3,(H,25,30). The first-order valence-corrected chi connectivity index (χ1v) is 12.4. The largest absolute Gasteiger partial charge is 0.319 e. The second-order valence-corrected chi connectivity index (χ2v) is 10.1. The van der Waals surface area contributed by atoms with E-state index in [1.807, 2.05) is 4.57 Å². The molecule has 4 rings (SSSR count). The smallest absolute Gasteiger partial charge is 0.255 e. The summed E-state index contributed by atoms with van der Waals surface area (Å²) in [4.78, 5) is 12.8. The lowest BCUT2D eigenvalue weighted by Crippen LogP contribution is -2.30. The Bertz CT molecular complexity index is 1290. The number of carbonyl (C=O) groups excluding carboxylic acids is 1. The minimum absolute atomic E-state index is 0.0166. The molecule has 174 valence electrons. The van der Waals surface area contributed by atoms with Crippen LogP contribution in [0.2, 0.25) is 0 Å². The highest BCUT2D eigenvalue weighted by molar-refractivity contribution is 7.89. The normalized spacial score (nSPS) is 14.1. The molecule has 1 aromatic heterocycles. The van der Waals surface area contributed by atoms with Crippen LogP contribution in [-0.4, -0.2) is 35.1 Å². The van der Waals surface area contributed by atoms with Crippen LogP contribution in [0, 0.1) is 5.82 Å². The summed E-state index contributed by atoms with van der Waals surface area (Å²) < 4.78 is 43.9. The van der Waals surface area contributed by atoms with E-state index in [0.717, 1.165) is 38.1 Å². The Morgan fingerprint density at radius 2 is 1.91 bits per heavy atom. The molecule has 1 amide bonds. The van der Waals surface area contributed by atoms with Crippen LogP contribution in [0.25, 0.3) is 11.4 Å². The average molecular weight is 472 g/mol. The molecule has 1 aliphatic rings. The zero-order chi connectivity index (χ0) is 23.6. The second kappa shape index (κ2) is 9.40. The number of rotatable bonds is 6. The van der Waals surface area contributed by atoms with Crippen LogP contribution in [0.5, 0.6) is 0 Å². The number of sulfonamides is 1. The van der Waals surface area contributed by atoms with Crippen molar-refractivity contribution in [3.05, 3.63) is 59.7 Å². The van der Waals surface area contributed by atoms with Crippen molar-refractivity contribution in [1.29, 1.82) is 0 Å². The zero-order valence-corrected chi connectivity index (χ0v) is 19.3. The minimum Gasteiger partial charge on any atom is -0.319 e. The molecule has 0 atom stereocenters. The van der Waals surface area contributed by atoms with Gasteiger partial charge in [0, 0.05) is 30.1 Å². The summed E-state index contributed by atoms with van der Waals surface area (Å²) in [5.74, 6) is 0.321. The van der Waals surface area contributed by atoms with Crippen molar-refractivity contribution < 1.29 is 17.6 Å². The summed E-state index contributed by atoms with van der Waals surface area (Å²) >= 11 is 0. The predicted octanol–water partition coefficient (Wildman–Crippen LogP) is 3.75. The number of hydrogen-bond acceptors (Lipinski definition) is 5. The van der Waals surface area contributed by atoms with E-state index in [2.05, 4.69) is 20.2 Å². The van der Waals surface area contributed by atoms with Crippen LogP contribution in [0.3, 0.4) is 0 Å². The van der Waals surface area contributed by atoms with Gasteiger partial charge in [-0.2, -0.15) is 0 Å². The third kappa shape index (κ3) is 5.12. The molecule has 0 unspecified atom stereocenters. The van der Waals surface area contributed by atoms with Crippen molar-refractivity contribution in [3.63, 3.8) is 0 Å². The number of aryl methyl sites for hydroxylation is 1. The Morgan fingerprint density at radius 1 is 1.09 bits per heavy atom. The molecular weight excluding hydrogens is 445 g/mol. The summed E-state index contributed by atoms with van der Waals surface area (Å²) in [6.45, 7) is 4.21. The Balaban J connectivity index is 1.60. The van der Waals surface area contributed by atoms with Gasteiger partial charge in [-0.05, 0) is 63.1 Å². The monoisotopic (exact) mass is 471 g/mol.